The van der Waals surface area contributed by atoms with Gasteiger partial charge >= 0.3 is 19.8 Å². The first-order valence-corrected chi connectivity index (χ1v) is 31.3. The second kappa shape index (κ2) is 57.0. The second-order valence-electron chi connectivity index (χ2n) is 19.9. The van der Waals surface area contributed by atoms with Gasteiger partial charge in [0.15, 0.2) is 6.10 Å². The summed E-state index contributed by atoms with van der Waals surface area (Å²) in [4.78, 5) is 35.2. The number of hydrogen-bond donors (Lipinski definition) is 2. The van der Waals surface area contributed by atoms with Gasteiger partial charge in [0.2, 0.25) is 0 Å². The molecule has 10 heteroatoms. The van der Waals surface area contributed by atoms with Gasteiger partial charge in [-0.25, -0.2) is 4.57 Å². The van der Waals surface area contributed by atoms with Gasteiger partial charge in [0.05, 0.1) is 13.2 Å². The molecule has 0 aromatic heterocycles. The van der Waals surface area contributed by atoms with Crippen molar-refractivity contribution in [3.63, 3.8) is 0 Å². The number of hydrogen-bond acceptors (Lipinski definition) is 8. The van der Waals surface area contributed by atoms with Gasteiger partial charge in [0.1, 0.15) is 6.61 Å². The van der Waals surface area contributed by atoms with Crippen molar-refractivity contribution in [1.82, 2.24) is 0 Å². The van der Waals surface area contributed by atoms with Gasteiger partial charge in [-0.05, 0) is 83.5 Å². The van der Waals surface area contributed by atoms with Crippen LogP contribution >= 0.6 is 7.82 Å². The fourth-order valence-corrected chi connectivity index (χ4v) is 9.20. The zero-order valence-corrected chi connectivity index (χ0v) is 47.1. The monoisotopic (exact) mass is 1020 g/mol. The number of carbonyl (C=O) groups is 2. The van der Waals surface area contributed by atoms with E-state index in [0.29, 0.717) is 6.42 Å². The quantitative estimate of drug-likeness (QED) is 0.0264. The minimum absolute atomic E-state index is 0.0514. The highest BCUT2D eigenvalue weighted by molar-refractivity contribution is 7.47. The smallest absolute Gasteiger partial charge is 0.462 e. The van der Waals surface area contributed by atoms with E-state index in [1.807, 2.05) is 0 Å². The molecule has 414 valence electrons. The van der Waals surface area contributed by atoms with Gasteiger partial charge in [-0.2, -0.15) is 0 Å². The third-order valence-corrected chi connectivity index (χ3v) is 13.9. The van der Waals surface area contributed by atoms with Crippen LogP contribution in [0.5, 0.6) is 0 Å². The SMILES string of the molecule is CCCCCCC/C=C\C/C=C\C/C=C\CCCCCCCCCCCCC(=O)OC(COC(=O)CCCCCCCCCCCCCCC/C=C\C/C=C\CCCCCCC)COP(=O)(O)OCCN. The first-order valence-electron chi connectivity index (χ1n) is 29.8. The highest BCUT2D eigenvalue weighted by atomic mass is 31.2. The fraction of sp³-hybridized carbons (Fsp3) is 0.803. The highest BCUT2D eigenvalue weighted by Gasteiger charge is 2.26. The Morgan fingerprint density at radius 1 is 0.423 bits per heavy atom. The van der Waals surface area contributed by atoms with Crippen molar-refractivity contribution in [2.75, 3.05) is 26.4 Å². The Morgan fingerprint density at radius 2 is 0.732 bits per heavy atom. The van der Waals surface area contributed by atoms with Crippen LogP contribution in [-0.4, -0.2) is 49.3 Å². The molecule has 0 saturated heterocycles. The summed E-state index contributed by atoms with van der Waals surface area (Å²) in [7, 11) is -4.39. The van der Waals surface area contributed by atoms with Crippen LogP contribution in [0.15, 0.2) is 60.8 Å². The molecule has 3 N–H and O–H groups in total. The predicted octanol–water partition coefficient (Wildman–Crippen LogP) is 18.7. The van der Waals surface area contributed by atoms with Gasteiger partial charge in [0, 0.05) is 19.4 Å². The van der Waals surface area contributed by atoms with Gasteiger partial charge in [-0.3, -0.25) is 18.6 Å². The Bertz CT molecular complexity index is 1350. The van der Waals surface area contributed by atoms with Gasteiger partial charge in [-0.15, -0.1) is 0 Å². The molecule has 0 aromatic rings. The maximum atomic E-state index is 12.7. The summed E-state index contributed by atoms with van der Waals surface area (Å²) in [6, 6.07) is 0. The molecule has 0 fully saturated rings. The number of ether oxygens (including phenoxy) is 2. The minimum Gasteiger partial charge on any atom is -0.462 e. The maximum Gasteiger partial charge on any atom is 0.472 e. The van der Waals surface area contributed by atoms with Crippen molar-refractivity contribution in [1.29, 1.82) is 0 Å². The van der Waals surface area contributed by atoms with Crippen molar-refractivity contribution in [2.45, 2.75) is 290 Å². The van der Waals surface area contributed by atoms with Gasteiger partial charge < -0.3 is 20.1 Å². The molecule has 0 heterocycles. The molecular weight excluding hydrogens is 906 g/mol. The van der Waals surface area contributed by atoms with Gasteiger partial charge in [0.25, 0.3) is 0 Å². The molecule has 9 nitrogen and oxygen atoms in total. The topological polar surface area (TPSA) is 134 Å². The third kappa shape index (κ3) is 56.9. The normalized spacial score (nSPS) is 13.5. The second-order valence-corrected chi connectivity index (χ2v) is 21.3. The molecule has 0 radical (unpaired) electrons. The molecular formula is C61H112NO8P. The van der Waals surface area contributed by atoms with Crippen molar-refractivity contribution in [3.8, 4) is 0 Å². The van der Waals surface area contributed by atoms with E-state index in [1.54, 1.807) is 0 Å². The van der Waals surface area contributed by atoms with Crippen LogP contribution in [0.2, 0.25) is 0 Å². The van der Waals surface area contributed by atoms with Crippen LogP contribution in [0, 0.1) is 0 Å². The van der Waals surface area contributed by atoms with Gasteiger partial charge in [-0.1, -0.05) is 248 Å². The molecule has 0 saturated carbocycles. The maximum absolute atomic E-state index is 12.7. The number of esters is 2. The lowest BCUT2D eigenvalue weighted by Crippen LogP contribution is -2.29. The summed E-state index contributed by atoms with van der Waals surface area (Å²) in [5.41, 5.74) is 5.38. The lowest BCUT2D eigenvalue weighted by molar-refractivity contribution is -0.161. The Morgan fingerprint density at radius 3 is 1.08 bits per heavy atom. The minimum atomic E-state index is -4.39. The predicted molar refractivity (Wildman–Crippen MR) is 303 cm³/mol. The lowest BCUT2D eigenvalue weighted by Gasteiger charge is -2.19. The van der Waals surface area contributed by atoms with Crippen LogP contribution in [0.1, 0.15) is 284 Å². The van der Waals surface area contributed by atoms with Crippen molar-refractivity contribution in [2.24, 2.45) is 5.73 Å². The Labute approximate surface area is 438 Å². The summed E-state index contributed by atoms with van der Waals surface area (Å²) in [6.45, 7) is 3.75. The average Bonchev–Trinajstić information content (AvgIpc) is 3.36. The van der Waals surface area contributed by atoms with Crippen LogP contribution < -0.4 is 5.73 Å². The molecule has 0 aliphatic carbocycles. The number of unbranched alkanes of at least 4 members (excludes halogenated alkanes) is 33. The average molecular weight is 1020 g/mol. The largest absolute Gasteiger partial charge is 0.472 e. The van der Waals surface area contributed by atoms with Crippen LogP contribution in [0.25, 0.3) is 0 Å². The number of phosphoric acid groups is 1. The fourth-order valence-electron chi connectivity index (χ4n) is 8.44. The van der Waals surface area contributed by atoms with E-state index in [0.717, 1.165) is 64.2 Å². The number of phosphoric ester groups is 1. The van der Waals surface area contributed by atoms with Crippen molar-refractivity contribution < 1.29 is 37.6 Å². The zero-order valence-electron chi connectivity index (χ0n) is 46.2. The molecule has 2 unspecified atom stereocenters. The summed E-state index contributed by atoms with van der Waals surface area (Å²) in [6.07, 6.45) is 71.3. The molecule has 0 aromatic carbocycles. The van der Waals surface area contributed by atoms with Crippen molar-refractivity contribution >= 4 is 19.8 Å². The summed E-state index contributed by atoms with van der Waals surface area (Å²) in [5.74, 6) is -0.825. The Kier molecular flexibility index (Phi) is 55.2. The van der Waals surface area contributed by atoms with Crippen LogP contribution in [-0.2, 0) is 32.7 Å². The third-order valence-electron chi connectivity index (χ3n) is 12.9. The van der Waals surface area contributed by atoms with E-state index in [4.69, 9.17) is 24.3 Å². The molecule has 0 spiro atoms. The summed E-state index contributed by atoms with van der Waals surface area (Å²) < 4.78 is 33.1. The van der Waals surface area contributed by atoms with E-state index in [9.17, 15) is 19.0 Å². The summed E-state index contributed by atoms with van der Waals surface area (Å²) >= 11 is 0. The molecule has 0 aliphatic rings. The van der Waals surface area contributed by atoms with Crippen LogP contribution in [0.4, 0.5) is 0 Å². The number of allylic oxidation sites excluding steroid dienone is 10. The van der Waals surface area contributed by atoms with E-state index in [-0.39, 0.29) is 38.6 Å². The van der Waals surface area contributed by atoms with E-state index in [2.05, 4.69) is 74.6 Å². The Balaban J connectivity index is 3.97. The number of rotatable bonds is 56. The van der Waals surface area contributed by atoms with E-state index >= 15 is 0 Å². The summed E-state index contributed by atoms with van der Waals surface area (Å²) in [5, 5.41) is 0. The molecule has 71 heavy (non-hydrogen) atoms. The highest BCUT2D eigenvalue weighted by Crippen LogP contribution is 2.43. The van der Waals surface area contributed by atoms with Crippen LogP contribution in [0.3, 0.4) is 0 Å². The first kappa shape index (κ1) is 68.7. The standard InChI is InChI=1S/C61H112NO8P/c1-3-5-7-9-11-13-15-17-19-21-23-25-27-29-31-33-35-37-39-41-43-45-47-49-51-53-60(63)67-57-59(58-69-71(65,66)68-56-55-62)70-61(64)54-52-50-48-46-44-42-40-38-36-34-32-30-28-26-24-22-20-18-16-14-12-10-8-6-4-2/h15-18,21-24,28,30,59H,3-14,19-20,25-27,29,31-58,62H2,1-2H3,(H,65,66)/b17-15-,18-16-,23-21-,24-22-,30-28-. The Hall–Kier alpha value is -2.29. The number of carbonyl (C=O) groups excluding carboxylic acids is 2. The van der Waals surface area contributed by atoms with E-state index < -0.39 is 26.5 Å². The zero-order chi connectivity index (χ0) is 51.7. The number of nitrogens with two attached hydrogens (primary N) is 1. The first-order chi connectivity index (χ1) is 34.8. The molecule has 0 amide bonds. The lowest BCUT2D eigenvalue weighted by atomic mass is 10.0. The van der Waals surface area contributed by atoms with Crippen molar-refractivity contribution in [3.05, 3.63) is 60.8 Å². The molecule has 0 rings (SSSR count). The molecule has 2 atom stereocenters. The van der Waals surface area contributed by atoms with E-state index in [1.165, 1.54) is 186 Å². The molecule has 0 aliphatic heterocycles. The molecule has 0 bridgehead atoms.